The number of nitrogens with zero attached hydrogens (tertiary/aromatic N) is 3. The number of unbranched alkanes of at least 4 members (excludes halogenated alkanes) is 1. The third-order valence-corrected chi connectivity index (χ3v) is 3.58. The van der Waals surface area contributed by atoms with Gasteiger partial charge in [-0.25, -0.2) is 0 Å². The topological polar surface area (TPSA) is 135 Å². The van der Waals surface area contributed by atoms with Gasteiger partial charge >= 0.3 is 0 Å². The second kappa shape index (κ2) is 9.76. The highest BCUT2D eigenvalue weighted by molar-refractivity contribution is 6.13. The molecule has 0 atom stereocenters. The average molecular weight is 370 g/mol. The molecule has 0 aliphatic carbocycles. The number of aromatic nitrogens is 1. The van der Waals surface area contributed by atoms with Crippen molar-refractivity contribution in [3.63, 3.8) is 0 Å². The van der Waals surface area contributed by atoms with E-state index in [1.54, 1.807) is 24.5 Å². The van der Waals surface area contributed by atoms with E-state index in [1.165, 1.54) is 18.2 Å². The molecule has 0 unspecified atom stereocenters. The molecule has 0 aliphatic rings. The summed E-state index contributed by atoms with van der Waals surface area (Å²) in [7, 11) is 0. The molecule has 2 rings (SSSR count). The number of carbonyl (C=O) groups is 2. The number of nitro benzene ring substituents is 1. The number of benzene rings is 1. The molecule has 0 N–H and O–H groups in total. The van der Waals surface area contributed by atoms with Crippen molar-refractivity contribution in [2.24, 2.45) is 5.16 Å². The molecule has 0 saturated heterocycles. The Balaban J connectivity index is 2.25. The Morgan fingerprint density at radius 1 is 1.26 bits per heavy atom. The summed E-state index contributed by atoms with van der Waals surface area (Å²) in [6.07, 6.45) is 4.33. The molecule has 0 amide bonds. The van der Waals surface area contributed by atoms with Gasteiger partial charge in [0.15, 0.2) is 6.29 Å². The largest absolute Gasteiger partial charge is 0.550 e. The Morgan fingerprint density at radius 3 is 2.70 bits per heavy atom. The normalized spacial score (nSPS) is 11.0. The van der Waals surface area contributed by atoms with Gasteiger partial charge in [0.2, 0.25) is 0 Å². The summed E-state index contributed by atoms with van der Waals surface area (Å²) in [5.41, 5.74) is 1.01. The number of carboxylic acids is 1. The van der Waals surface area contributed by atoms with Crippen molar-refractivity contribution >= 4 is 23.7 Å². The first-order valence-electron chi connectivity index (χ1n) is 8.07. The number of hydrogen-bond donors (Lipinski definition) is 0. The van der Waals surface area contributed by atoms with Crippen LogP contribution in [-0.4, -0.2) is 34.5 Å². The summed E-state index contributed by atoms with van der Waals surface area (Å²) in [5.74, 6) is -1.12. The quantitative estimate of drug-likeness (QED) is 0.203. The van der Waals surface area contributed by atoms with Crippen LogP contribution in [-0.2, 0) is 9.63 Å². The molecule has 0 aliphatic heterocycles. The minimum absolute atomic E-state index is 0.0619. The van der Waals surface area contributed by atoms with Gasteiger partial charge in [-0.05, 0) is 43.5 Å². The Labute approximate surface area is 154 Å². The van der Waals surface area contributed by atoms with Gasteiger partial charge in [0.25, 0.3) is 5.69 Å². The van der Waals surface area contributed by atoms with Gasteiger partial charge < -0.3 is 14.7 Å². The second-order valence-corrected chi connectivity index (χ2v) is 5.49. The van der Waals surface area contributed by atoms with Crippen LogP contribution < -0.4 is 5.11 Å². The molecule has 0 radical (unpaired) electrons. The van der Waals surface area contributed by atoms with E-state index in [9.17, 15) is 24.8 Å². The van der Waals surface area contributed by atoms with Crippen molar-refractivity contribution in [3.05, 3.63) is 69.5 Å². The fraction of sp³-hybridized carbons (Fsp3) is 0.222. The van der Waals surface area contributed by atoms with Gasteiger partial charge in [-0.2, -0.15) is 0 Å². The summed E-state index contributed by atoms with van der Waals surface area (Å²) < 4.78 is 0. The van der Waals surface area contributed by atoms with Crippen molar-refractivity contribution in [1.82, 2.24) is 4.98 Å². The van der Waals surface area contributed by atoms with Crippen molar-refractivity contribution in [2.75, 3.05) is 6.61 Å². The van der Waals surface area contributed by atoms with Crippen LogP contribution in [0.3, 0.4) is 0 Å². The van der Waals surface area contributed by atoms with E-state index in [0.717, 1.165) is 0 Å². The number of nitro groups is 1. The molecule has 1 aromatic heterocycles. The van der Waals surface area contributed by atoms with Crippen LogP contribution in [0.25, 0.3) is 0 Å². The fourth-order valence-corrected chi connectivity index (χ4v) is 2.28. The van der Waals surface area contributed by atoms with Crippen LogP contribution in [0.1, 0.15) is 40.7 Å². The van der Waals surface area contributed by atoms with Crippen LogP contribution in [0.2, 0.25) is 0 Å². The summed E-state index contributed by atoms with van der Waals surface area (Å²) >= 11 is 0. The molecule has 140 valence electrons. The first-order valence-corrected chi connectivity index (χ1v) is 8.07. The Bertz CT molecular complexity index is 851. The van der Waals surface area contributed by atoms with E-state index in [1.807, 2.05) is 0 Å². The van der Waals surface area contributed by atoms with Crippen LogP contribution in [0.5, 0.6) is 0 Å². The minimum atomic E-state index is -1.12. The van der Waals surface area contributed by atoms with Gasteiger partial charge in [0.1, 0.15) is 12.3 Å². The number of oxime groups is 1. The predicted molar refractivity (Wildman–Crippen MR) is 93.2 cm³/mol. The summed E-state index contributed by atoms with van der Waals surface area (Å²) in [5, 5.41) is 25.4. The van der Waals surface area contributed by atoms with E-state index in [4.69, 9.17) is 4.84 Å². The lowest BCUT2D eigenvalue weighted by Gasteiger charge is -2.08. The highest BCUT2D eigenvalue weighted by Crippen LogP contribution is 2.20. The van der Waals surface area contributed by atoms with Crippen LogP contribution in [0.4, 0.5) is 5.69 Å². The van der Waals surface area contributed by atoms with E-state index < -0.39 is 10.9 Å². The SMILES string of the molecule is O=Cc1cc(/C(=N\OCCCCC(=O)[O-])c2cccnc2)ccc1[N+](=O)[O-]. The van der Waals surface area contributed by atoms with Gasteiger partial charge in [0.05, 0.1) is 10.5 Å². The number of aliphatic carboxylic acids is 1. The van der Waals surface area contributed by atoms with E-state index >= 15 is 0 Å². The monoisotopic (exact) mass is 370 g/mol. The summed E-state index contributed by atoms with van der Waals surface area (Å²) in [4.78, 5) is 41.2. The maximum atomic E-state index is 11.2. The molecule has 0 saturated carbocycles. The smallest absolute Gasteiger partial charge is 0.279 e. The lowest BCUT2D eigenvalue weighted by atomic mass is 10.0. The van der Waals surface area contributed by atoms with Gasteiger partial charge in [0, 0.05) is 35.6 Å². The maximum absolute atomic E-state index is 11.2. The highest BCUT2D eigenvalue weighted by Gasteiger charge is 2.17. The molecule has 9 heteroatoms. The van der Waals surface area contributed by atoms with E-state index in [-0.39, 0.29) is 24.3 Å². The molecular weight excluding hydrogens is 354 g/mol. The maximum Gasteiger partial charge on any atom is 0.279 e. The summed E-state index contributed by atoms with van der Waals surface area (Å²) in [6.45, 7) is 0.185. The highest BCUT2D eigenvalue weighted by atomic mass is 16.6. The van der Waals surface area contributed by atoms with Crippen molar-refractivity contribution in [2.45, 2.75) is 19.3 Å². The van der Waals surface area contributed by atoms with Gasteiger partial charge in [-0.1, -0.05) is 5.16 Å². The van der Waals surface area contributed by atoms with Crippen molar-refractivity contribution in [1.29, 1.82) is 0 Å². The Hall–Kier alpha value is -3.62. The third-order valence-electron chi connectivity index (χ3n) is 3.58. The van der Waals surface area contributed by atoms with Crippen molar-refractivity contribution in [3.8, 4) is 0 Å². The van der Waals surface area contributed by atoms with Crippen LogP contribution in [0, 0.1) is 10.1 Å². The predicted octanol–water partition coefficient (Wildman–Crippen LogP) is 1.49. The van der Waals surface area contributed by atoms with Crippen molar-refractivity contribution < 1.29 is 24.5 Å². The molecule has 2 aromatic rings. The van der Waals surface area contributed by atoms with Crippen LogP contribution >= 0.6 is 0 Å². The molecule has 0 spiro atoms. The zero-order chi connectivity index (χ0) is 19.6. The summed E-state index contributed by atoms with van der Waals surface area (Å²) in [6, 6.07) is 7.47. The number of rotatable bonds is 10. The average Bonchev–Trinajstić information content (AvgIpc) is 2.67. The Kier molecular flexibility index (Phi) is 7.12. The first-order chi connectivity index (χ1) is 13.0. The zero-order valence-corrected chi connectivity index (χ0v) is 14.2. The molecule has 0 fully saturated rings. The first kappa shape index (κ1) is 19.7. The molecule has 9 nitrogen and oxygen atoms in total. The lowest BCUT2D eigenvalue weighted by molar-refractivity contribution is -0.385. The molecular formula is C18H16N3O6-. The fourth-order valence-electron chi connectivity index (χ4n) is 2.28. The molecule has 1 heterocycles. The number of hydrogen-bond acceptors (Lipinski definition) is 8. The van der Waals surface area contributed by atoms with Crippen LogP contribution in [0.15, 0.2) is 47.9 Å². The lowest BCUT2D eigenvalue weighted by Crippen LogP contribution is -2.21. The molecule has 1 aromatic carbocycles. The van der Waals surface area contributed by atoms with E-state index in [2.05, 4.69) is 10.1 Å². The number of aldehydes is 1. The molecule has 27 heavy (non-hydrogen) atoms. The van der Waals surface area contributed by atoms with E-state index in [0.29, 0.717) is 36.0 Å². The minimum Gasteiger partial charge on any atom is -0.550 e. The number of carboxylic acid groups (broad SMARTS) is 1. The third kappa shape index (κ3) is 5.70. The molecule has 0 bridgehead atoms. The zero-order valence-electron chi connectivity index (χ0n) is 14.2. The number of carbonyl (C=O) groups excluding carboxylic acids is 2. The number of pyridine rings is 1. The second-order valence-electron chi connectivity index (χ2n) is 5.49. The van der Waals surface area contributed by atoms with Gasteiger partial charge in [-0.3, -0.25) is 19.9 Å². The standard InChI is InChI=1S/C18H17N3O6/c22-12-15-10-13(6-7-16(15)21(25)26)18(14-4-3-8-19-11-14)20-27-9-2-1-5-17(23)24/h3-4,6-8,10-12H,1-2,5,9H2,(H,23,24)/p-1/b20-18+. The Morgan fingerprint density at radius 2 is 2.07 bits per heavy atom. The van der Waals surface area contributed by atoms with Gasteiger partial charge in [-0.15, -0.1) is 0 Å².